The molecule has 3 nitrogen and oxygen atoms in total. The lowest BCUT2D eigenvalue weighted by Crippen LogP contribution is -2.04. The van der Waals surface area contributed by atoms with E-state index in [1.54, 1.807) is 17.5 Å². The molecule has 5 heteroatoms. The molecule has 21 heavy (non-hydrogen) atoms. The molecule has 0 aliphatic carbocycles. The van der Waals surface area contributed by atoms with Gasteiger partial charge in [0.2, 0.25) is 5.78 Å². The quantitative estimate of drug-likeness (QED) is 0.494. The maximum Gasteiger partial charge on any atom is 0.211 e. The molecule has 0 saturated carbocycles. The molecule has 0 aliphatic rings. The average Bonchev–Trinajstić information content (AvgIpc) is 3.06. The fraction of sp³-hybridized carbons (Fsp3) is 0. The van der Waals surface area contributed by atoms with Crippen LogP contribution in [0.3, 0.4) is 0 Å². The summed E-state index contributed by atoms with van der Waals surface area (Å²) in [4.78, 5) is 17.9. The standard InChI is InChI=1S/C16H9BrN2OS/c17-11-7-5-10(6-8-11)15(20)13-9-18-16-19(13)12-3-1-2-4-14(12)21-16/h1-9H. The third kappa shape index (κ3) is 2.01. The SMILES string of the molecule is O=C(c1ccc(Br)cc1)c1cnc2sc3ccccc3n12. The van der Waals surface area contributed by atoms with Gasteiger partial charge in [0.1, 0.15) is 5.69 Å². The zero-order valence-electron chi connectivity index (χ0n) is 10.8. The minimum atomic E-state index is -0.0152. The van der Waals surface area contributed by atoms with Crippen molar-refractivity contribution in [2.45, 2.75) is 0 Å². The van der Waals surface area contributed by atoms with Crippen molar-refractivity contribution in [2.24, 2.45) is 0 Å². The normalized spacial score (nSPS) is 11.3. The lowest BCUT2D eigenvalue weighted by molar-refractivity contribution is 0.103. The van der Waals surface area contributed by atoms with Gasteiger partial charge in [-0.1, -0.05) is 39.4 Å². The van der Waals surface area contributed by atoms with Crippen LogP contribution in [-0.2, 0) is 0 Å². The molecule has 4 rings (SSSR count). The topological polar surface area (TPSA) is 34.4 Å². The number of hydrogen-bond donors (Lipinski definition) is 0. The van der Waals surface area contributed by atoms with Gasteiger partial charge in [-0.25, -0.2) is 4.98 Å². The highest BCUT2D eigenvalue weighted by molar-refractivity contribution is 9.10. The number of hydrogen-bond acceptors (Lipinski definition) is 3. The monoisotopic (exact) mass is 356 g/mol. The van der Waals surface area contributed by atoms with Crippen LogP contribution < -0.4 is 0 Å². The molecule has 0 atom stereocenters. The maximum absolute atomic E-state index is 12.7. The van der Waals surface area contributed by atoms with Gasteiger partial charge in [-0.2, -0.15) is 0 Å². The predicted molar refractivity (Wildman–Crippen MR) is 88.1 cm³/mol. The lowest BCUT2D eigenvalue weighted by atomic mass is 10.1. The molecule has 0 aliphatic heterocycles. The van der Waals surface area contributed by atoms with E-state index >= 15 is 0 Å². The number of thiazole rings is 1. The van der Waals surface area contributed by atoms with Gasteiger partial charge in [0.25, 0.3) is 0 Å². The molecular weight excluding hydrogens is 348 g/mol. The zero-order valence-corrected chi connectivity index (χ0v) is 13.2. The van der Waals surface area contributed by atoms with Crippen molar-refractivity contribution in [3.8, 4) is 0 Å². The first-order chi connectivity index (χ1) is 10.2. The van der Waals surface area contributed by atoms with Gasteiger partial charge in [-0.05, 0) is 36.4 Å². The van der Waals surface area contributed by atoms with Crippen LogP contribution >= 0.6 is 27.3 Å². The van der Waals surface area contributed by atoms with E-state index in [2.05, 4.69) is 20.9 Å². The molecule has 2 aromatic heterocycles. The number of fused-ring (bicyclic) bond motifs is 3. The Bertz CT molecular complexity index is 969. The summed E-state index contributed by atoms with van der Waals surface area (Å²) in [5.41, 5.74) is 2.29. The first-order valence-electron chi connectivity index (χ1n) is 6.39. The Morgan fingerprint density at radius 3 is 2.67 bits per heavy atom. The van der Waals surface area contributed by atoms with Crippen molar-refractivity contribution in [3.63, 3.8) is 0 Å². The maximum atomic E-state index is 12.7. The molecule has 2 aromatic carbocycles. The number of carbonyl (C=O) groups is 1. The predicted octanol–water partition coefficient (Wildman–Crippen LogP) is 4.54. The Hall–Kier alpha value is -1.98. The molecule has 0 amide bonds. The van der Waals surface area contributed by atoms with Crippen LogP contribution in [-0.4, -0.2) is 15.2 Å². The van der Waals surface area contributed by atoms with Gasteiger partial charge < -0.3 is 0 Å². The van der Waals surface area contributed by atoms with E-state index in [1.165, 1.54) is 0 Å². The summed E-state index contributed by atoms with van der Waals surface area (Å²) in [6.07, 6.45) is 1.66. The van der Waals surface area contributed by atoms with E-state index in [4.69, 9.17) is 0 Å². The first-order valence-corrected chi connectivity index (χ1v) is 8.00. The summed E-state index contributed by atoms with van der Waals surface area (Å²) in [5.74, 6) is -0.0152. The summed E-state index contributed by atoms with van der Waals surface area (Å²) in [7, 11) is 0. The lowest BCUT2D eigenvalue weighted by Gasteiger charge is -2.01. The van der Waals surface area contributed by atoms with Gasteiger partial charge in [0, 0.05) is 10.0 Å². The van der Waals surface area contributed by atoms with Crippen LogP contribution in [0.5, 0.6) is 0 Å². The number of imidazole rings is 1. The number of ketones is 1. The number of para-hydroxylation sites is 1. The van der Waals surface area contributed by atoms with Gasteiger partial charge in [0.05, 0.1) is 16.4 Å². The molecule has 102 valence electrons. The van der Waals surface area contributed by atoms with Gasteiger partial charge in [-0.3, -0.25) is 9.20 Å². The summed E-state index contributed by atoms with van der Waals surface area (Å²) in [5, 5.41) is 0. The fourth-order valence-electron chi connectivity index (χ4n) is 2.38. The Kier molecular flexibility index (Phi) is 2.90. The smallest absolute Gasteiger partial charge is 0.211 e. The molecular formula is C16H9BrN2OS. The van der Waals surface area contributed by atoms with Crippen LogP contribution in [0, 0.1) is 0 Å². The highest BCUT2D eigenvalue weighted by Crippen LogP contribution is 2.27. The number of rotatable bonds is 2. The Labute approximate surface area is 133 Å². The molecule has 0 fully saturated rings. The summed E-state index contributed by atoms with van der Waals surface area (Å²) < 4.78 is 4.02. The van der Waals surface area contributed by atoms with Gasteiger partial charge >= 0.3 is 0 Å². The zero-order chi connectivity index (χ0) is 14.4. The van der Waals surface area contributed by atoms with Crippen molar-refractivity contribution < 1.29 is 4.79 Å². The third-order valence-corrected chi connectivity index (χ3v) is 4.94. The molecule has 0 unspecified atom stereocenters. The fourth-order valence-corrected chi connectivity index (χ4v) is 3.64. The molecule has 0 saturated heterocycles. The largest absolute Gasteiger partial charge is 0.287 e. The van der Waals surface area contributed by atoms with Gasteiger partial charge in [-0.15, -0.1) is 0 Å². The minimum absolute atomic E-state index is 0.0152. The highest BCUT2D eigenvalue weighted by Gasteiger charge is 2.17. The number of benzene rings is 2. The Morgan fingerprint density at radius 2 is 1.86 bits per heavy atom. The van der Waals surface area contributed by atoms with E-state index < -0.39 is 0 Å². The van der Waals surface area contributed by atoms with E-state index in [0.29, 0.717) is 11.3 Å². The molecule has 4 aromatic rings. The van der Waals surface area contributed by atoms with Crippen LogP contribution in [0.2, 0.25) is 0 Å². The number of nitrogens with zero attached hydrogens (tertiary/aromatic N) is 2. The van der Waals surface area contributed by atoms with Crippen molar-refractivity contribution in [3.05, 3.63) is 70.5 Å². The van der Waals surface area contributed by atoms with Crippen LogP contribution in [0.1, 0.15) is 16.1 Å². The molecule has 0 N–H and O–H groups in total. The summed E-state index contributed by atoms with van der Waals surface area (Å²) in [6.45, 7) is 0. The van der Waals surface area contributed by atoms with Crippen molar-refractivity contribution in [2.75, 3.05) is 0 Å². The minimum Gasteiger partial charge on any atom is -0.287 e. The number of halogens is 1. The molecule has 0 spiro atoms. The van der Waals surface area contributed by atoms with E-state index in [9.17, 15) is 4.79 Å². The number of aromatic nitrogens is 2. The average molecular weight is 357 g/mol. The molecule has 2 heterocycles. The first kappa shape index (κ1) is 12.7. The summed E-state index contributed by atoms with van der Waals surface area (Å²) >= 11 is 4.97. The van der Waals surface area contributed by atoms with Crippen molar-refractivity contribution in [1.82, 2.24) is 9.38 Å². The van der Waals surface area contributed by atoms with Crippen LogP contribution in [0.4, 0.5) is 0 Å². The number of carbonyl (C=O) groups excluding carboxylic acids is 1. The van der Waals surface area contributed by atoms with E-state index in [1.807, 2.05) is 52.9 Å². The Balaban J connectivity index is 1.93. The second-order valence-corrected chi connectivity index (χ2v) is 6.59. The van der Waals surface area contributed by atoms with Crippen molar-refractivity contribution >= 4 is 48.2 Å². The molecule has 0 radical (unpaired) electrons. The van der Waals surface area contributed by atoms with Crippen LogP contribution in [0.25, 0.3) is 15.2 Å². The van der Waals surface area contributed by atoms with E-state index in [-0.39, 0.29) is 5.78 Å². The van der Waals surface area contributed by atoms with E-state index in [0.717, 1.165) is 19.7 Å². The summed E-state index contributed by atoms with van der Waals surface area (Å²) in [6, 6.07) is 15.4. The molecule has 0 bridgehead atoms. The second-order valence-electron chi connectivity index (χ2n) is 4.67. The Morgan fingerprint density at radius 1 is 1.10 bits per heavy atom. The van der Waals surface area contributed by atoms with Crippen LogP contribution in [0.15, 0.2) is 59.2 Å². The van der Waals surface area contributed by atoms with Crippen molar-refractivity contribution in [1.29, 1.82) is 0 Å². The third-order valence-electron chi connectivity index (χ3n) is 3.38. The second kappa shape index (κ2) is 4.79. The highest BCUT2D eigenvalue weighted by atomic mass is 79.9. The van der Waals surface area contributed by atoms with Gasteiger partial charge in [0.15, 0.2) is 4.96 Å².